The van der Waals surface area contributed by atoms with Crippen LogP contribution in [0.3, 0.4) is 0 Å². The molecule has 0 bridgehead atoms. The van der Waals surface area contributed by atoms with E-state index in [0.29, 0.717) is 13.2 Å². The first-order valence-electron chi connectivity index (χ1n) is 7.59. The van der Waals surface area contributed by atoms with Gasteiger partial charge in [0.05, 0.1) is 0 Å². The van der Waals surface area contributed by atoms with Gasteiger partial charge in [-0.3, -0.25) is 0 Å². The SMILES string of the molecule is CCCCCCC(C)O[Si](CC)(OCC)OCC. The quantitative estimate of drug-likeness (QED) is 0.391. The van der Waals surface area contributed by atoms with E-state index in [4.69, 9.17) is 13.3 Å². The second-order valence-corrected chi connectivity index (χ2v) is 7.57. The van der Waals surface area contributed by atoms with Gasteiger partial charge in [-0.25, -0.2) is 0 Å². The van der Waals surface area contributed by atoms with E-state index >= 15 is 0 Å². The first kappa shape index (κ1) is 18.1. The lowest BCUT2D eigenvalue weighted by atomic mass is 10.1. The minimum absolute atomic E-state index is 0.242. The Morgan fingerprint density at radius 2 is 1.50 bits per heavy atom. The van der Waals surface area contributed by atoms with Crippen LogP contribution in [0.5, 0.6) is 0 Å². The molecular weight excluding hydrogens is 244 g/mol. The van der Waals surface area contributed by atoms with Crippen molar-refractivity contribution >= 4 is 8.80 Å². The Balaban J connectivity index is 4.12. The molecule has 0 aromatic heterocycles. The largest absolute Gasteiger partial charge is 0.500 e. The summed E-state index contributed by atoms with van der Waals surface area (Å²) in [6, 6.07) is 0.855. The molecule has 0 aliphatic heterocycles. The zero-order valence-corrected chi connectivity index (χ0v) is 14.0. The van der Waals surface area contributed by atoms with Crippen LogP contribution in [0, 0.1) is 0 Å². The summed E-state index contributed by atoms with van der Waals surface area (Å²) in [5.74, 6) is 0. The number of hydrogen-bond donors (Lipinski definition) is 0. The standard InChI is InChI=1S/C14H32O3Si/c1-6-10-11-12-13-14(5)17-18(9-4,15-7-2)16-8-3/h14H,6-13H2,1-5H3. The molecule has 1 unspecified atom stereocenters. The lowest BCUT2D eigenvalue weighted by Gasteiger charge is -2.30. The zero-order chi connectivity index (χ0) is 13.9. The fraction of sp³-hybridized carbons (Fsp3) is 1.00. The molecule has 3 nitrogen and oxygen atoms in total. The maximum atomic E-state index is 6.14. The van der Waals surface area contributed by atoms with Gasteiger partial charge in [0.25, 0.3) is 0 Å². The zero-order valence-electron chi connectivity index (χ0n) is 13.0. The van der Waals surface area contributed by atoms with Gasteiger partial charge in [-0.1, -0.05) is 39.5 Å². The second kappa shape index (κ2) is 11.0. The van der Waals surface area contributed by atoms with Crippen LogP contribution in [0.2, 0.25) is 6.04 Å². The molecule has 4 heteroatoms. The van der Waals surface area contributed by atoms with Gasteiger partial charge in [0.15, 0.2) is 0 Å². The topological polar surface area (TPSA) is 27.7 Å². The first-order valence-corrected chi connectivity index (χ1v) is 9.52. The van der Waals surface area contributed by atoms with E-state index in [1.54, 1.807) is 0 Å². The number of hydrogen-bond acceptors (Lipinski definition) is 3. The number of rotatable bonds is 12. The highest BCUT2D eigenvalue weighted by Crippen LogP contribution is 2.20. The van der Waals surface area contributed by atoms with E-state index < -0.39 is 8.80 Å². The Bertz CT molecular complexity index is 182. The maximum absolute atomic E-state index is 6.14. The van der Waals surface area contributed by atoms with Gasteiger partial charge in [-0.05, 0) is 27.2 Å². The van der Waals surface area contributed by atoms with Crippen LogP contribution in [-0.2, 0) is 13.3 Å². The Morgan fingerprint density at radius 1 is 0.889 bits per heavy atom. The third-order valence-corrected chi connectivity index (χ3v) is 6.09. The Kier molecular flexibility index (Phi) is 11.0. The molecule has 0 spiro atoms. The molecule has 1 atom stereocenters. The molecule has 0 saturated carbocycles. The Labute approximate surface area is 115 Å². The highest BCUT2D eigenvalue weighted by atomic mass is 28.4. The minimum atomic E-state index is -2.40. The molecule has 18 heavy (non-hydrogen) atoms. The number of unbranched alkanes of at least 4 members (excludes halogenated alkanes) is 3. The molecule has 0 rings (SSSR count). The summed E-state index contributed by atoms with van der Waals surface area (Å²) in [4.78, 5) is 0. The van der Waals surface area contributed by atoms with Crippen molar-refractivity contribution in [1.82, 2.24) is 0 Å². The molecule has 0 aliphatic carbocycles. The average molecular weight is 276 g/mol. The molecule has 0 N–H and O–H groups in total. The molecule has 0 radical (unpaired) electrons. The van der Waals surface area contributed by atoms with E-state index in [1.807, 2.05) is 13.8 Å². The van der Waals surface area contributed by atoms with E-state index in [2.05, 4.69) is 20.8 Å². The molecular formula is C14H32O3Si. The van der Waals surface area contributed by atoms with Gasteiger partial charge in [-0.15, -0.1) is 0 Å². The van der Waals surface area contributed by atoms with Crippen LogP contribution < -0.4 is 0 Å². The van der Waals surface area contributed by atoms with Crippen molar-refractivity contribution in [3.05, 3.63) is 0 Å². The summed E-state index contributed by atoms with van der Waals surface area (Å²) >= 11 is 0. The highest BCUT2D eigenvalue weighted by Gasteiger charge is 2.39. The van der Waals surface area contributed by atoms with Gasteiger partial charge in [0, 0.05) is 25.4 Å². The monoisotopic (exact) mass is 276 g/mol. The van der Waals surface area contributed by atoms with E-state index in [9.17, 15) is 0 Å². The summed E-state index contributed by atoms with van der Waals surface area (Å²) in [5, 5.41) is 0. The molecule has 0 saturated heterocycles. The van der Waals surface area contributed by atoms with Gasteiger partial charge >= 0.3 is 8.80 Å². The summed E-state index contributed by atoms with van der Waals surface area (Å²) in [6.45, 7) is 11.8. The highest BCUT2D eigenvalue weighted by molar-refractivity contribution is 6.60. The van der Waals surface area contributed by atoms with E-state index in [1.165, 1.54) is 25.7 Å². The average Bonchev–Trinajstić information content (AvgIpc) is 2.35. The van der Waals surface area contributed by atoms with E-state index in [-0.39, 0.29) is 6.10 Å². The first-order chi connectivity index (χ1) is 8.64. The Morgan fingerprint density at radius 3 is 1.94 bits per heavy atom. The fourth-order valence-corrected chi connectivity index (χ4v) is 4.47. The maximum Gasteiger partial charge on any atom is 0.500 e. The van der Waals surface area contributed by atoms with Crippen LogP contribution in [0.1, 0.15) is 66.7 Å². The molecule has 110 valence electrons. The smallest absolute Gasteiger partial charge is 0.374 e. The van der Waals surface area contributed by atoms with Gasteiger partial charge < -0.3 is 13.3 Å². The summed E-state index contributed by atoms with van der Waals surface area (Å²) in [5.41, 5.74) is 0. The lowest BCUT2D eigenvalue weighted by molar-refractivity contribution is 0.0358. The van der Waals surface area contributed by atoms with Crippen LogP contribution in [0.4, 0.5) is 0 Å². The molecule has 0 amide bonds. The predicted molar refractivity (Wildman–Crippen MR) is 78.8 cm³/mol. The van der Waals surface area contributed by atoms with Crippen molar-refractivity contribution in [3.63, 3.8) is 0 Å². The molecule has 0 heterocycles. The van der Waals surface area contributed by atoms with Gasteiger partial charge in [0.2, 0.25) is 0 Å². The molecule has 0 aliphatic rings. The van der Waals surface area contributed by atoms with Crippen LogP contribution in [0.25, 0.3) is 0 Å². The van der Waals surface area contributed by atoms with Gasteiger partial charge in [-0.2, -0.15) is 0 Å². The second-order valence-electron chi connectivity index (χ2n) is 4.68. The fourth-order valence-electron chi connectivity index (χ4n) is 2.06. The lowest BCUT2D eigenvalue weighted by Crippen LogP contribution is -2.47. The molecule has 0 aromatic rings. The van der Waals surface area contributed by atoms with Crippen molar-refractivity contribution < 1.29 is 13.3 Å². The third kappa shape index (κ3) is 7.51. The van der Waals surface area contributed by atoms with Crippen molar-refractivity contribution in [2.24, 2.45) is 0 Å². The minimum Gasteiger partial charge on any atom is -0.374 e. The van der Waals surface area contributed by atoms with Crippen LogP contribution in [0.15, 0.2) is 0 Å². The molecule has 0 aromatic carbocycles. The predicted octanol–water partition coefficient (Wildman–Crippen LogP) is 4.39. The van der Waals surface area contributed by atoms with Crippen molar-refractivity contribution in [3.8, 4) is 0 Å². The normalized spacial score (nSPS) is 13.8. The Hall–Kier alpha value is 0.0969. The van der Waals surface area contributed by atoms with E-state index in [0.717, 1.165) is 12.5 Å². The van der Waals surface area contributed by atoms with Crippen molar-refractivity contribution in [1.29, 1.82) is 0 Å². The van der Waals surface area contributed by atoms with Crippen LogP contribution >= 0.6 is 0 Å². The van der Waals surface area contributed by atoms with Crippen molar-refractivity contribution in [2.75, 3.05) is 13.2 Å². The van der Waals surface area contributed by atoms with Gasteiger partial charge in [0.1, 0.15) is 0 Å². The molecule has 0 fully saturated rings. The van der Waals surface area contributed by atoms with Crippen LogP contribution in [-0.4, -0.2) is 28.1 Å². The van der Waals surface area contributed by atoms with Crippen molar-refractivity contribution in [2.45, 2.75) is 78.9 Å². The summed E-state index contributed by atoms with van der Waals surface area (Å²) < 4.78 is 17.8. The third-order valence-electron chi connectivity index (χ3n) is 3.01. The summed E-state index contributed by atoms with van der Waals surface area (Å²) in [6.07, 6.45) is 6.48. The summed E-state index contributed by atoms with van der Waals surface area (Å²) in [7, 11) is -2.40.